The zero-order valence-corrected chi connectivity index (χ0v) is 12.5. The van der Waals surface area contributed by atoms with Crippen LogP contribution in [0.4, 0.5) is 15.9 Å². The van der Waals surface area contributed by atoms with Crippen molar-refractivity contribution in [3.05, 3.63) is 44.9 Å². The molecular formula is C13H10FIN2O3. The van der Waals surface area contributed by atoms with Crippen LogP contribution in [0, 0.1) is 9.39 Å². The number of carbonyl (C=O) groups is 2. The Balaban J connectivity index is 2.42. The van der Waals surface area contributed by atoms with Crippen molar-refractivity contribution >= 4 is 45.8 Å². The first-order chi connectivity index (χ1) is 9.38. The van der Waals surface area contributed by atoms with Gasteiger partial charge in [0.1, 0.15) is 17.2 Å². The number of ketones is 1. The Morgan fingerprint density at radius 1 is 1.35 bits per heavy atom. The number of halogens is 2. The molecule has 0 spiro atoms. The topological polar surface area (TPSA) is 82.2 Å². The summed E-state index contributed by atoms with van der Waals surface area (Å²) in [5.41, 5.74) is 0.161. The number of carboxylic acids is 1. The maximum atomic E-state index is 13.7. The third-order valence-corrected chi connectivity index (χ3v) is 3.29. The van der Waals surface area contributed by atoms with Crippen LogP contribution >= 0.6 is 22.6 Å². The zero-order valence-electron chi connectivity index (χ0n) is 10.3. The summed E-state index contributed by atoms with van der Waals surface area (Å²) in [5.74, 6) is -1.94. The van der Waals surface area contributed by atoms with Crippen LogP contribution < -0.4 is 5.32 Å². The summed E-state index contributed by atoms with van der Waals surface area (Å²) in [6.45, 7) is 1.31. The van der Waals surface area contributed by atoms with Gasteiger partial charge in [-0.15, -0.1) is 0 Å². The molecule has 0 saturated heterocycles. The summed E-state index contributed by atoms with van der Waals surface area (Å²) in [5, 5.41) is 11.7. The molecule has 0 unspecified atom stereocenters. The highest BCUT2D eigenvalue weighted by atomic mass is 127. The molecule has 0 atom stereocenters. The third-order valence-electron chi connectivity index (χ3n) is 2.62. The largest absolute Gasteiger partial charge is 0.478 e. The number of carbonyl (C=O) groups excluding carboxylic acids is 1. The van der Waals surface area contributed by atoms with Crippen LogP contribution in [0.5, 0.6) is 0 Å². The van der Waals surface area contributed by atoms with Crippen molar-refractivity contribution in [1.82, 2.24) is 4.98 Å². The Morgan fingerprint density at radius 3 is 2.60 bits per heavy atom. The van der Waals surface area contributed by atoms with Gasteiger partial charge in [0, 0.05) is 10.5 Å². The predicted octanol–water partition coefficient (Wildman–Crippen LogP) is 3.40. The average molecular weight is 388 g/mol. The number of aromatic amines is 1. The highest BCUT2D eigenvalue weighted by Crippen LogP contribution is 2.24. The molecule has 0 bridgehead atoms. The van der Waals surface area contributed by atoms with E-state index in [1.54, 1.807) is 6.07 Å². The van der Waals surface area contributed by atoms with Crippen LogP contribution in [0.2, 0.25) is 0 Å². The quantitative estimate of drug-likeness (QED) is 0.554. The molecule has 7 heteroatoms. The van der Waals surface area contributed by atoms with Gasteiger partial charge >= 0.3 is 5.97 Å². The van der Waals surface area contributed by atoms with Gasteiger partial charge in [0.2, 0.25) is 0 Å². The number of hydrogen-bond donors (Lipinski definition) is 3. The second kappa shape index (κ2) is 5.61. The lowest BCUT2D eigenvalue weighted by atomic mass is 10.2. The maximum Gasteiger partial charge on any atom is 0.339 e. The number of H-pyrrole nitrogens is 1. The fourth-order valence-corrected chi connectivity index (χ4v) is 2.09. The van der Waals surface area contributed by atoms with Crippen LogP contribution in [0.1, 0.15) is 27.8 Å². The summed E-state index contributed by atoms with van der Waals surface area (Å²) in [7, 11) is 0. The van der Waals surface area contributed by atoms with E-state index in [1.165, 1.54) is 25.1 Å². The third kappa shape index (κ3) is 2.98. The predicted molar refractivity (Wildman–Crippen MR) is 80.2 cm³/mol. The molecule has 104 valence electrons. The van der Waals surface area contributed by atoms with E-state index >= 15 is 0 Å². The number of benzene rings is 1. The van der Waals surface area contributed by atoms with E-state index in [4.69, 9.17) is 5.11 Å². The zero-order chi connectivity index (χ0) is 14.9. The highest BCUT2D eigenvalue weighted by Gasteiger charge is 2.17. The minimum Gasteiger partial charge on any atom is -0.478 e. The molecular weight excluding hydrogens is 378 g/mol. The molecule has 1 aromatic heterocycles. The Labute approximate surface area is 127 Å². The van der Waals surface area contributed by atoms with Gasteiger partial charge in [-0.1, -0.05) is 0 Å². The minimum atomic E-state index is -1.21. The molecule has 0 saturated carbocycles. The average Bonchev–Trinajstić information content (AvgIpc) is 2.77. The fraction of sp³-hybridized carbons (Fsp3) is 0.0769. The van der Waals surface area contributed by atoms with E-state index < -0.39 is 11.8 Å². The molecule has 0 fully saturated rings. The van der Waals surface area contributed by atoms with Crippen molar-refractivity contribution in [2.45, 2.75) is 6.92 Å². The molecule has 3 N–H and O–H groups in total. The lowest BCUT2D eigenvalue weighted by molar-refractivity contribution is 0.0698. The van der Waals surface area contributed by atoms with Crippen LogP contribution in [0.25, 0.3) is 0 Å². The first kappa shape index (κ1) is 14.5. The van der Waals surface area contributed by atoms with Gasteiger partial charge in [-0.3, -0.25) is 4.79 Å². The first-order valence-corrected chi connectivity index (χ1v) is 6.65. The molecule has 0 radical (unpaired) electrons. The molecule has 5 nitrogen and oxygen atoms in total. The lowest BCUT2D eigenvalue weighted by Crippen LogP contribution is -2.02. The number of aromatic nitrogens is 1. The van der Waals surface area contributed by atoms with E-state index in [1.807, 2.05) is 22.6 Å². The van der Waals surface area contributed by atoms with Gasteiger partial charge < -0.3 is 15.4 Å². The van der Waals surface area contributed by atoms with Crippen molar-refractivity contribution in [2.24, 2.45) is 0 Å². The van der Waals surface area contributed by atoms with Crippen molar-refractivity contribution < 1.29 is 19.1 Å². The summed E-state index contributed by atoms with van der Waals surface area (Å²) in [4.78, 5) is 25.0. The molecule has 1 heterocycles. The lowest BCUT2D eigenvalue weighted by Gasteiger charge is -2.07. The van der Waals surface area contributed by atoms with Gasteiger partial charge in [-0.05, 0) is 46.9 Å². The summed E-state index contributed by atoms with van der Waals surface area (Å²) in [6, 6.07) is 5.72. The Hall–Kier alpha value is -1.90. The fourth-order valence-electron chi connectivity index (χ4n) is 1.64. The van der Waals surface area contributed by atoms with Crippen LogP contribution in [-0.4, -0.2) is 21.8 Å². The van der Waals surface area contributed by atoms with Gasteiger partial charge in [0.25, 0.3) is 0 Å². The van der Waals surface area contributed by atoms with E-state index in [0.717, 1.165) is 3.57 Å². The van der Waals surface area contributed by atoms with E-state index in [9.17, 15) is 14.0 Å². The number of anilines is 2. The number of carboxylic acid groups (broad SMARTS) is 1. The van der Waals surface area contributed by atoms with Crippen molar-refractivity contribution in [1.29, 1.82) is 0 Å². The molecule has 2 rings (SSSR count). The van der Waals surface area contributed by atoms with Gasteiger partial charge in [0.05, 0.1) is 11.4 Å². The summed E-state index contributed by atoms with van der Waals surface area (Å²) >= 11 is 1.97. The van der Waals surface area contributed by atoms with E-state index in [0.29, 0.717) is 0 Å². The number of Topliss-reactive ketones (excluding diaryl/α,β-unsaturated/α-hetero) is 1. The number of nitrogens with one attached hydrogen (secondary N) is 2. The van der Waals surface area contributed by atoms with Crippen molar-refractivity contribution in [2.75, 3.05) is 5.32 Å². The van der Waals surface area contributed by atoms with Crippen LogP contribution in [0.15, 0.2) is 24.3 Å². The maximum absolute atomic E-state index is 13.7. The van der Waals surface area contributed by atoms with Crippen molar-refractivity contribution in [3.63, 3.8) is 0 Å². The number of hydrogen-bond acceptors (Lipinski definition) is 3. The first-order valence-electron chi connectivity index (χ1n) is 5.58. The molecule has 1 aromatic carbocycles. The molecule has 0 amide bonds. The normalized spacial score (nSPS) is 10.3. The molecule has 0 aliphatic carbocycles. The molecule has 0 aliphatic heterocycles. The standard InChI is InChI=1S/C13H10FIN2O3/c1-6(18)11-5-8(13(19)20)12(17-11)16-10-3-2-7(15)4-9(10)14/h2-5,16-17H,1H3,(H,19,20). The van der Waals surface area contributed by atoms with Gasteiger partial charge in [0.15, 0.2) is 5.78 Å². The van der Waals surface area contributed by atoms with Crippen LogP contribution in [-0.2, 0) is 0 Å². The second-order valence-electron chi connectivity index (χ2n) is 4.08. The molecule has 2 aromatic rings. The smallest absolute Gasteiger partial charge is 0.339 e. The Kier molecular flexibility index (Phi) is 4.07. The second-order valence-corrected chi connectivity index (χ2v) is 5.33. The summed E-state index contributed by atoms with van der Waals surface area (Å²) < 4.78 is 14.5. The van der Waals surface area contributed by atoms with Gasteiger partial charge in [-0.25, -0.2) is 9.18 Å². The highest BCUT2D eigenvalue weighted by molar-refractivity contribution is 14.1. The number of rotatable bonds is 4. The van der Waals surface area contributed by atoms with E-state index in [2.05, 4.69) is 10.3 Å². The molecule has 0 aliphatic rings. The van der Waals surface area contributed by atoms with Crippen molar-refractivity contribution in [3.8, 4) is 0 Å². The summed E-state index contributed by atoms with van der Waals surface area (Å²) in [6.07, 6.45) is 0. The molecule has 20 heavy (non-hydrogen) atoms. The monoisotopic (exact) mass is 388 g/mol. The number of aromatic carboxylic acids is 1. The Morgan fingerprint density at radius 2 is 2.05 bits per heavy atom. The van der Waals surface area contributed by atoms with Crippen LogP contribution in [0.3, 0.4) is 0 Å². The minimum absolute atomic E-state index is 0.0720. The Bertz CT molecular complexity index is 697. The van der Waals surface area contributed by atoms with E-state index in [-0.39, 0.29) is 28.5 Å². The van der Waals surface area contributed by atoms with Gasteiger partial charge in [-0.2, -0.15) is 0 Å². The SMILES string of the molecule is CC(=O)c1cc(C(=O)O)c(Nc2ccc(I)cc2F)[nH]1.